The molecule has 1 rings (SSSR count). The standard InChI is InChI=1S/C11H16O4S/c1-11(2,3)6-7-16(14)9-5-4-8(15-9)10(12)13/h4-5H,6-7H2,1-3H3,(H,12,13). The van der Waals surface area contributed by atoms with Gasteiger partial charge in [0.15, 0.2) is 5.09 Å². The minimum atomic E-state index is -1.26. The Morgan fingerprint density at radius 1 is 1.44 bits per heavy atom. The van der Waals surface area contributed by atoms with Crippen LogP contribution in [0.25, 0.3) is 0 Å². The second kappa shape index (κ2) is 4.82. The lowest BCUT2D eigenvalue weighted by Gasteiger charge is -2.16. The van der Waals surface area contributed by atoms with Crippen molar-refractivity contribution in [3.05, 3.63) is 17.9 Å². The summed E-state index contributed by atoms with van der Waals surface area (Å²) in [4.78, 5) is 10.6. The summed E-state index contributed by atoms with van der Waals surface area (Å²) in [5, 5.41) is 8.88. The smallest absolute Gasteiger partial charge is 0.371 e. The third kappa shape index (κ3) is 3.81. The number of hydrogen-bond acceptors (Lipinski definition) is 3. The maximum atomic E-state index is 11.8. The van der Waals surface area contributed by atoms with Gasteiger partial charge < -0.3 is 9.52 Å². The lowest BCUT2D eigenvalue weighted by atomic mass is 9.94. The van der Waals surface area contributed by atoms with Crippen molar-refractivity contribution in [3.63, 3.8) is 0 Å². The molecule has 0 spiro atoms. The van der Waals surface area contributed by atoms with Crippen LogP contribution in [0.15, 0.2) is 21.6 Å². The monoisotopic (exact) mass is 244 g/mol. The number of carbonyl (C=O) groups is 1. The molecule has 1 aromatic rings. The summed E-state index contributed by atoms with van der Waals surface area (Å²) in [7, 11) is -1.26. The van der Waals surface area contributed by atoms with E-state index in [-0.39, 0.29) is 16.3 Å². The summed E-state index contributed by atoms with van der Waals surface area (Å²) in [5.41, 5.74) is 0.109. The molecule has 1 atom stereocenters. The number of hydrogen-bond donors (Lipinski definition) is 1. The van der Waals surface area contributed by atoms with Gasteiger partial charge >= 0.3 is 5.97 Å². The zero-order chi connectivity index (χ0) is 12.3. The third-order valence-corrected chi connectivity index (χ3v) is 3.30. The van der Waals surface area contributed by atoms with Crippen molar-refractivity contribution in [2.24, 2.45) is 5.41 Å². The molecule has 0 aliphatic heterocycles. The second-order valence-electron chi connectivity index (χ2n) is 4.78. The zero-order valence-electron chi connectivity index (χ0n) is 9.65. The van der Waals surface area contributed by atoms with Gasteiger partial charge in [-0.25, -0.2) is 4.79 Å². The van der Waals surface area contributed by atoms with Crippen molar-refractivity contribution in [2.75, 3.05) is 5.75 Å². The van der Waals surface area contributed by atoms with Crippen molar-refractivity contribution < 1.29 is 18.5 Å². The Labute approximate surface area is 97.1 Å². The fourth-order valence-corrected chi connectivity index (χ4v) is 2.46. The highest BCUT2D eigenvalue weighted by Gasteiger charge is 2.17. The Balaban J connectivity index is 2.63. The van der Waals surface area contributed by atoms with Crippen LogP contribution in [0.1, 0.15) is 37.7 Å². The van der Waals surface area contributed by atoms with Crippen LogP contribution in [0.4, 0.5) is 0 Å². The first-order valence-corrected chi connectivity index (χ1v) is 6.33. The van der Waals surface area contributed by atoms with E-state index in [1.54, 1.807) is 0 Å². The summed E-state index contributed by atoms with van der Waals surface area (Å²) in [6, 6.07) is 2.79. The molecule has 1 aromatic heterocycles. The summed E-state index contributed by atoms with van der Waals surface area (Å²) < 4.78 is 16.7. The average Bonchev–Trinajstić information content (AvgIpc) is 2.61. The zero-order valence-corrected chi connectivity index (χ0v) is 10.5. The lowest BCUT2D eigenvalue weighted by Crippen LogP contribution is -2.10. The van der Waals surface area contributed by atoms with Crippen LogP contribution in [-0.4, -0.2) is 21.0 Å². The summed E-state index contributed by atoms with van der Waals surface area (Å²) in [5.74, 6) is -0.825. The Bertz CT molecular complexity index is 400. The molecule has 0 aliphatic carbocycles. The molecule has 0 saturated carbocycles. The highest BCUT2D eigenvalue weighted by molar-refractivity contribution is 7.84. The molecule has 1 N–H and O–H groups in total. The molecule has 0 aromatic carbocycles. The molecule has 1 unspecified atom stereocenters. The van der Waals surface area contributed by atoms with Gasteiger partial charge in [-0.2, -0.15) is 0 Å². The Morgan fingerprint density at radius 2 is 2.06 bits per heavy atom. The van der Waals surface area contributed by atoms with E-state index in [4.69, 9.17) is 9.52 Å². The summed E-state index contributed by atoms with van der Waals surface area (Å²) in [6.07, 6.45) is 0.794. The van der Waals surface area contributed by atoms with Crippen molar-refractivity contribution >= 4 is 16.8 Å². The van der Waals surface area contributed by atoms with Gasteiger partial charge in [0.25, 0.3) is 0 Å². The van der Waals surface area contributed by atoms with E-state index in [9.17, 15) is 9.00 Å². The van der Waals surface area contributed by atoms with Crippen molar-refractivity contribution in [2.45, 2.75) is 32.3 Å². The minimum absolute atomic E-state index is 0.109. The van der Waals surface area contributed by atoms with Crippen LogP contribution in [0.5, 0.6) is 0 Å². The van der Waals surface area contributed by atoms with Crippen LogP contribution in [0.2, 0.25) is 0 Å². The molecule has 0 radical (unpaired) electrons. The Morgan fingerprint density at radius 3 is 2.50 bits per heavy atom. The fourth-order valence-electron chi connectivity index (χ4n) is 1.06. The largest absolute Gasteiger partial charge is 0.475 e. The number of carboxylic acid groups (broad SMARTS) is 1. The molecule has 0 bridgehead atoms. The van der Waals surface area contributed by atoms with Gasteiger partial charge in [0.05, 0.1) is 10.8 Å². The van der Waals surface area contributed by atoms with E-state index in [1.165, 1.54) is 12.1 Å². The van der Waals surface area contributed by atoms with Crippen LogP contribution in [-0.2, 0) is 10.8 Å². The lowest BCUT2D eigenvalue weighted by molar-refractivity contribution is 0.0656. The molecule has 0 fully saturated rings. The predicted molar refractivity (Wildman–Crippen MR) is 61.0 cm³/mol. The quantitative estimate of drug-likeness (QED) is 0.883. The van der Waals surface area contributed by atoms with Crippen LogP contribution in [0.3, 0.4) is 0 Å². The van der Waals surface area contributed by atoms with Crippen LogP contribution >= 0.6 is 0 Å². The van der Waals surface area contributed by atoms with E-state index < -0.39 is 16.8 Å². The van der Waals surface area contributed by atoms with E-state index in [2.05, 4.69) is 20.8 Å². The summed E-state index contributed by atoms with van der Waals surface area (Å²) in [6.45, 7) is 6.19. The SMILES string of the molecule is CC(C)(C)CCS(=O)c1ccc(C(=O)O)o1. The van der Waals surface area contributed by atoms with Gasteiger partial charge in [0.1, 0.15) is 0 Å². The number of rotatable bonds is 4. The molecule has 90 valence electrons. The average molecular weight is 244 g/mol. The van der Waals surface area contributed by atoms with Gasteiger partial charge in [-0.15, -0.1) is 0 Å². The van der Waals surface area contributed by atoms with Crippen LogP contribution in [0, 0.1) is 5.41 Å². The molecule has 5 heteroatoms. The van der Waals surface area contributed by atoms with Crippen molar-refractivity contribution in [1.82, 2.24) is 0 Å². The van der Waals surface area contributed by atoms with Gasteiger partial charge in [-0.3, -0.25) is 4.21 Å². The second-order valence-corrected chi connectivity index (χ2v) is 6.29. The van der Waals surface area contributed by atoms with Gasteiger partial charge in [-0.1, -0.05) is 20.8 Å². The first kappa shape index (κ1) is 13.0. The van der Waals surface area contributed by atoms with Gasteiger partial charge in [0, 0.05) is 5.75 Å². The highest BCUT2D eigenvalue weighted by atomic mass is 32.2. The number of furan rings is 1. The van der Waals surface area contributed by atoms with Crippen LogP contribution < -0.4 is 0 Å². The maximum Gasteiger partial charge on any atom is 0.371 e. The predicted octanol–water partition coefficient (Wildman–Crippen LogP) is 2.52. The number of aromatic carboxylic acids is 1. The highest BCUT2D eigenvalue weighted by Crippen LogP contribution is 2.21. The van der Waals surface area contributed by atoms with Gasteiger partial charge in [0.2, 0.25) is 5.76 Å². The molecule has 0 amide bonds. The molecular formula is C11H16O4S. The molecule has 1 heterocycles. The first-order valence-electron chi connectivity index (χ1n) is 5.01. The Hall–Kier alpha value is -1.10. The molecule has 0 aliphatic rings. The maximum absolute atomic E-state index is 11.8. The molecule has 16 heavy (non-hydrogen) atoms. The van der Waals surface area contributed by atoms with E-state index >= 15 is 0 Å². The third-order valence-electron chi connectivity index (χ3n) is 2.05. The van der Waals surface area contributed by atoms with E-state index in [1.807, 2.05) is 0 Å². The first-order chi connectivity index (χ1) is 7.29. The normalized spacial score (nSPS) is 13.7. The van der Waals surface area contributed by atoms with Crippen molar-refractivity contribution in [1.29, 1.82) is 0 Å². The number of carboxylic acids is 1. The van der Waals surface area contributed by atoms with Gasteiger partial charge in [-0.05, 0) is 24.0 Å². The fraction of sp³-hybridized carbons (Fsp3) is 0.545. The van der Waals surface area contributed by atoms with Crippen molar-refractivity contribution in [3.8, 4) is 0 Å². The topological polar surface area (TPSA) is 67.5 Å². The summed E-state index contributed by atoms with van der Waals surface area (Å²) >= 11 is 0. The molecular weight excluding hydrogens is 228 g/mol. The molecule has 0 saturated heterocycles. The van der Waals surface area contributed by atoms with E-state index in [0.717, 1.165) is 6.42 Å². The van der Waals surface area contributed by atoms with E-state index in [0.29, 0.717) is 5.75 Å². The Kier molecular flexibility index (Phi) is 3.91. The minimum Gasteiger partial charge on any atom is -0.475 e. The molecule has 4 nitrogen and oxygen atoms in total.